The SMILES string of the molecule is COCCCNCC(C)N(C)CCOC(C)C. The molecule has 0 fully saturated rings. The van der Waals surface area contributed by atoms with Crippen molar-refractivity contribution in [2.24, 2.45) is 0 Å². The van der Waals surface area contributed by atoms with E-state index in [4.69, 9.17) is 9.47 Å². The fourth-order valence-electron chi connectivity index (χ4n) is 1.46. The molecule has 0 radical (unpaired) electrons. The van der Waals surface area contributed by atoms with Gasteiger partial charge in [0.1, 0.15) is 0 Å². The van der Waals surface area contributed by atoms with E-state index in [9.17, 15) is 0 Å². The maximum atomic E-state index is 5.54. The molecule has 0 saturated heterocycles. The summed E-state index contributed by atoms with van der Waals surface area (Å²) in [5.74, 6) is 0. The maximum absolute atomic E-state index is 5.54. The zero-order valence-corrected chi connectivity index (χ0v) is 12.2. The molecule has 4 nitrogen and oxygen atoms in total. The number of nitrogens with zero attached hydrogens (tertiary/aromatic N) is 1. The predicted octanol–water partition coefficient (Wildman–Crippen LogP) is 1.36. The first-order valence-electron chi connectivity index (χ1n) is 6.59. The molecule has 0 aliphatic rings. The first-order chi connectivity index (χ1) is 8.07. The number of rotatable bonds is 11. The van der Waals surface area contributed by atoms with Crippen molar-refractivity contribution in [1.82, 2.24) is 10.2 Å². The summed E-state index contributed by atoms with van der Waals surface area (Å²) in [7, 11) is 3.89. The van der Waals surface area contributed by atoms with E-state index >= 15 is 0 Å². The monoisotopic (exact) mass is 246 g/mol. The Bertz CT molecular complexity index is 165. The lowest BCUT2D eigenvalue weighted by Crippen LogP contribution is -2.40. The average molecular weight is 246 g/mol. The number of likely N-dealkylation sites (N-methyl/N-ethyl adjacent to an activating group) is 1. The lowest BCUT2D eigenvalue weighted by molar-refractivity contribution is 0.0573. The molecule has 0 saturated carbocycles. The van der Waals surface area contributed by atoms with Gasteiger partial charge in [-0.2, -0.15) is 0 Å². The summed E-state index contributed by atoms with van der Waals surface area (Å²) in [4.78, 5) is 2.33. The quantitative estimate of drug-likeness (QED) is 0.558. The van der Waals surface area contributed by atoms with Gasteiger partial charge < -0.3 is 19.7 Å². The molecule has 0 aliphatic carbocycles. The minimum absolute atomic E-state index is 0.325. The second-order valence-electron chi connectivity index (χ2n) is 4.80. The van der Waals surface area contributed by atoms with E-state index in [1.807, 2.05) is 0 Å². The van der Waals surface area contributed by atoms with Gasteiger partial charge in [-0.3, -0.25) is 0 Å². The van der Waals surface area contributed by atoms with Crippen LogP contribution in [-0.2, 0) is 9.47 Å². The second-order valence-corrected chi connectivity index (χ2v) is 4.80. The molecule has 0 amide bonds. The van der Waals surface area contributed by atoms with Gasteiger partial charge in [0.2, 0.25) is 0 Å². The van der Waals surface area contributed by atoms with Gasteiger partial charge in [-0.05, 0) is 40.8 Å². The molecule has 0 bridgehead atoms. The highest BCUT2D eigenvalue weighted by Crippen LogP contribution is 1.95. The van der Waals surface area contributed by atoms with E-state index in [2.05, 4.69) is 38.0 Å². The molecule has 1 unspecified atom stereocenters. The minimum atomic E-state index is 0.325. The van der Waals surface area contributed by atoms with Gasteiger partial charge in [-0.15, -0.1) is 0 Å². The Morgan fingerprint density at radius 1 is 1.18 bits per heavy atom. The highest BCUT2D eigenvalue weighted by atomic mass is 16.5. The van der Waals surface area contributed by atoms with E-state index in [0.29, 0.717) is 12.1 Å². The molecule has 0 spiro atoms. The summed E-state index contributed by atoms with van der Waals surface area (Å²) < 4.78 is 10.5. The van der Waals surface area contributed by atoms with E-state index in [-0.39, 0.29) is 0 Å². The molecular weight excluding hydrogens is 216 g/mol. The highest BCUT2D eigenvalue weighted by Gasteiger charge is 2.08. The summed E-state index contributed by atoms with van der Waals surface area (Å²) in [5, 5.41) is 3.44. The molecule has 0 rings (SSSR count). The second kappa shape index (κ2) is 11.0. The van der Waals surface area contributed by atoms with Crippen molar-refractivity contribution in [2.75, 3.05) is 47.0 Å². The van der Waals surface area contributed by atoms with Crippen LogP contribution in [0.5, 0.6) is 0 Å². The van der Waals surface area contributed by atoms with Crippen LogP contribution in [-0.4, -0.2) is 64.1 Å². The van der Waals surface area contributed by atoms with Gasteiger partial charge in [-0.1, -0.05) is 0 Å². The van der Waals surface area contributed by atoms with Crippen molar-refractivity contribution in [2.45, 2.75) is 39.3 Å². The Kier molecular flexibility index (Phi) is 10.9. The molecule has 4 heteroatoms. The molecule has 1 N–H and O–H groups in total. The summed E-state index contributed by atoms with van der Waals surface area (Å²) in [6.45, 7) is 11.0. The third kappa shape index (κ3) is 10.7. The summed E-state index contributed by atoms with van der Waals surface area (Å²) in [6, 6.07) is 0.535. The fourth-order valence-corrected chi connectivity index (χ4v) is 1.46. The van der Waals surface area contributed by atoms with Crippen molar-refractivity contribution in [3.8, 4) is 0 Å². The lowest BCUT2D eigenvalue weighted by atomic mass is 10.3. The Hall–Kier alpha value is -0.160. The van der Waals surface area contributed by atoms with Gasteiger partial charge in [0.05, 0.1) is 12.7 Å². The van der Waals surface area contributed by atoms with Crippen molar-refractivity contribution in [1.29, 1.82) is 0 Å². The number of hydrogen-bond donors (Lipinski definition) is 1. The zero-order valence-electron chi connectivity index (χ0n) is 12.2. The van der Waals surface area contributed by atoms with Gasteiger partial charge in [0, 0.05) is 32.8 Å². The van der Waals surface area contributed by atoms with Crippen LogP contribution in [0.3, 0.4) is 0 Å². The molecular formula is C13H30N2O2. The normalized spacial score (nSPS) is 13.6. The summed E-state index contributed by atoms with van der Waals surface area (Å²) in [5.41, 5.74) is 0. The Morgan fingerprint density at radius 2 is 1.88 bits per heavy atom. The van der Waals surface area contributed by atoms with Crippen LogP contribution >= 0.6 is 0 Å². The van der Waals surface area contributed by atoms with Gasteiger partial charge in [0.15, 0.2) is 0 Å². The molecule has 0 heterocycles. The predicted molar refractivity (Wildman–Crippen MR) is 72.5 cm³/mol. The third-order valence-electron chi connectivity index (χ3n) is 2.79. The van der Waals surface area contributed by atoms with Gasteiger partial charge in [-0.25, -0.2) is 0 Å². The molecule has 1 atom stereocenters. The van der Waals surface area contributed by atoms with E-state index in [0.717, 1.165) is 39.3 Å². The summed E-state index contributed by atoms with van der Waals surface area (Å²) >= 11 is 0. The van der Waals surface area contributed by atoms with Crippen LogP contribution in [0.1, 0.15) is 27.2 Å². The van der Waals surface area contributed by atoms with E-state index in [1.54, 1.807) is 7.11 Å². The minimum Gasteiger partial charge on any atom is -0.385 e. The molecule has 0 aliphatic heterocycles. The topological polar surface area (TPSA) is 33.7 Å². The van der Waals surface area contributed by atoms with Crippen molar-refractivity contribution in [3.63, 3.8) is 0 Å². The van der Waals surface area contributed by atoms with Crippen LogP contribution in [0.2, 0.25) is 0 Å². The number of methoxy groups -OCH3 is 1. The summed E-state index contributed by atoms with van der Waals surface area (Å²) in [6.07, 6.45) is 1.40. The average Bonchev–Trinajstić information content (AvgIpc) is 2.27. The van der Waals surface area contributed by atoms with Crippen molar-refractivity contribution in [3.05, 3.63) is 0 Å². The zero-order chi connectivity index (χ0) is 13.1. The Morgan fingerprint density at radius 3 is 2.47 bits per heavy atom. The molecule has 0 aromatic rings. The number of hydrogen-bond acceptors (Lipinski definition) is 4. The standard InChI is InChI=1S/C13H30N2O2/c1-12(2)17-10-8-15(4)13(3)11-14-7-6-9-16-5/h12-14H,6-11H2,1-5H3. The van der Waals surface area contributed by atoms with E-state index < -0.39 is 0 Å². The Labute approximate surface area is 107 Å². The first kappa shape index (κ1) is 16.8. The number of nitrogens with one attached hydrogen (secondary N) is 1. The van der Waals surface area contributed by atoms with Gasteiger partial charge >= 0.3 is 0 Å². The largest absolute Gasteiger partial charge is 0.385 e. The van der Waals surface area contributed by atoms with Crippen LogP contribution < -0.4 is 5.32 Å². The lowest BCUT2D eigenvalue weighted by Gasteiger charge is -2.25. The van der Waals surface area contributed by atoms with Crippen LogP contribution in [0.15, 0.2) is 0 Å². The Balaban J connectivity index is 3.43. The van der Waals surface area contributed by atoms with Crippen LogP contribution in [0.25, 0.3) is 0 Å². The van der Waals surface area contributed by atoms with Crippen LogP contribution in [0.4, 0.5) is 0 Å². The molecule has 0 aromatic heterocycles. The first-order valence-corrected chi connectivity index (χ1v) is 6.59. The number of ether oxygens (including phenoxy) is 2. The van der Waals surface area contributed by atoms with Crippen molar-refractivity contribution < 1.29 is 9.47 Å². The maximum Gasteiger partial charge on any atom is 0.0596 e. The van der Waals surface area contributed by atoms with Gasteiger partial charge in [0.25, 0.3) is 0 Å². The molecule has 104 valence electrons. The smallest absolute Gasteiger partial charge is 0.0596 e. The van der Waals surface area contributed by atoms with Crippen molar-refractivity contribution >= 4 is 0 Å². The van der Waals surface area contributed by atoms with E-state index in [1.165, 1.54) is 0 Å². The molecule has 17 heavy (non-hydrogen) atoms. The third-order valence-corrected chi connectivity index (χ3v) is 2.79. The van der Waals surface area contributed by atoms with Crippen LogP contribution in [0, 0.1) is 0 Å². The highest BCUT2D eigenvalue weighted by molar-refractivity contribution is 4.66. The fraction of sp³-hybridized carbons (Fsp3) is 1.00. The molecule has 0 aromatic carbocycles.